The van der Waals surface area contributed by atoms with Crippen molar-refractivity contribution in [1.29, 1.82) is 0 Å². The molecule has 21 heavy (non-hydrogen) atoms. The first-order valence-corrected chi connectivity index (χ1v) is 6.27. The number of pyridine rings is 1. The normalized spacial score (nSPS) is 10.5. The molecule has 0 saturated heterocycles. The summed E-state index contributed by atoms with van der Waals surface area (Å²) in [5, 5.41) is 10.3. The summed E-state index contributed by atoms with van der Waals surface area (Å²) < 4.78 is 5.54. The van der Waals surface area contributed by atoms with Gasteiger partial charge in [-0.1, -0.05) is 24.3 Å². The fourth-order valence-corrected chi connectivity index (χ4v) is 2.06. The summed E-state index contributed by atoms with van der Waals surface area (Å²) in [6.07, 6.45) is 0. The molecule has 0 amide bonds. The third kappa shape index (κ3) is 2.62. The van der Waals surface area contributed by atoms with Gasteiger partial charge in [0.2, 0.25) is 5.88 Å². The standard InChI is InChI=1S/C16H11NO4/c18-15-13-7-2-1-4-10(13)9-14(17-15)21-12-6-3-5-11(8-12)16(19)20/h1-9H,(H,17,18)(H,19,20). The molecule has 5 heteroatoms. The van der Waals surface area contributed by atoms with Crippen molar-refractivity contribution >= 4 is 16.7 Å². The minimum Gasteiger partial charge on any atom is -0.478 e. The number of aromatic carboxylic acids is 1. The number of carbonyl (C=O) groups is 1. The van der Waals surface area contributed by atoms with Gasteiger partial charge in [-0.05, 0) is 29.7 Å². The van der Waals surface area contributed by atoms with E-state index >= 15 is 0 Å². The highest BCUT2D eigenvalue weighted by atomic mass is 16.5. The van der Waals surface area contributed by atoms with Gasteiger partial charge in [0.25, 0.3) is 5.56 Å². The summed E-state index contributed by atoms with van der Waals surface area (Å²) in [5.41, 5.74) is -0.131. The Kier molecular flexibility index (Phi) is 3.16. The summed E-state index contributed by atoms with van der Waals surface area (Å²) in [5.74, 6) is -0.422. The molecule has 0 bridgehead atoms. The Morgan fingerprint density at radius 1 is 1.05 bits per heavy atom. The van der Waals surface area contributed by atoms with Crippen LogP contribution in [0.25, 0.3) is 10.8 Å². The Hall–Kier alpha value is -3.08. The van der Waals surface area contributed by atoms with Crippen LogP contribution in [0.15, 0.2) is 59.4 Å². The molecular formula is C16H11NO4. The van der Waals surface area contributed by atoms with Crippen LogP contribution in [-0.2, 0) is 0 Å². The Labute approximate surface area is 119 Å². The molecule has 0 atom stereocenters. The number of rotatable bonds is 3. The molecule has 0 aliphatic rings. The van der Waals surface area contributed by atoms with Gasteiger partial charge in [0.05, 0.1) is 5.56 Å². The van der Waals surface area contributed by atoms with Crippen molar-refractivity contribution in [2.75, 3.05) is 0 Å². The third-order valence-corrected chi connectivity index (χ3v) is 3.04. The highest BCUT2D eigenvalue weighted by Crippen LogP contribution is 2.22. The Balaban J connectivity index is 2.00. The molecule has 3 aromatic rings. The first-order valence-electron chi connectivity index (χ1n) is 6.27. The Morgan fingerprint density at radius 3 is 2.67 bits per heavy atom. The lowest BCUT2D eigenvalue weighted by atomic mass is 10.2. The summed E-state index contributed by atoms with van der Waals surface area (Å²) in [7, 11) is 0. The van der Waals surface area contributed by atoms with Crippen LogP contribution in [0.3, 0.4) is 0 Å². The lowest BCUT2D eigenvalue weighted by Gasteiger charge is -2.07. The summed E-state index contributed by atoms with van der Waals surface area (Å²) in [4.78, 5) is 25.5. The SMILES string of the molecule is O=C(O)c1cccc(Oc2cc3ccccc3c(=O)[nH]2)c1. The van der Waals surface area contributed by atoms with E-state index in [9.17, 15) is 9.59 Å². The maximum absolute atomic E-state index is 11.9. The zero-order valence-corrected chi connectivity index (χ0v) is 10.9. The number of aromatic nitrogens is 1. The van der Waals surface area contributed by atoms with Crippen LogP contribution in [-0.4, -0.2) is 16.1 Å². The van der Waals surface area contributed by atoms with Crippen LogP contribution in [0.4, 0.5) is 0 Å². The smallest absolute Gasteiger partial charge is 0.335 e. The second-order valence-electron chi connectivity index (χ2n) is 4.49. The van der Waals surface area contributed by atoms with Gasteiger partial charge in [0.15, 0.2) is 0 Å². The van der Waals surface area contributed by atoms with Crippen molar-refractivity contribution in [1.82, 2.24) is 4.98 Å². The number of carboxylic acid groups (broad SMARTS) is 1. The first-order chi connectivity index (χ1) is 10.1. The van der Waals surface area contributed by atoms with E-state index in [1.54, 1.807) is 30.3 Å². The number of carboxylic acids is 1. The van der Waals surface area contributed by atoms with E-state index in [0.29, 0.717) is 11.1 Å². The predicted molar refractivity (Wildman–Crippen MR) is 78.0 cm³/mol. The molecule has 0 fully saturated rings. The van der Waals surface area contributed by atoms with E-state index in [1.165, 1.54) is 12.1 Å². The van der Waals surface area contributed by atoms with Gasteiger partial charge in [-0.25, -0.2) is 4.79 Å². The van der Waals surface area contributed by atoms with Gasteiger partial charge < -0.3 is 9.84 Å². The van der Waals surface area contributed by atoms with Crippen LogP contribution >= 0.6 is 0 Å². The number of hydrogen-bond acceptors (Lipinski definition) is 3. The van der Waals surface area contributed by atoms with Crippen LogP contribution < -0.4 is 10.3 Å². The first kappa shape index (κ1) is 12.9. The average Bonchev–Trinajstić information content (AvgIpc) is 2.47. The monoisotopic (exact) mass is 281 g/mol. The maximum atomic E-state index is 11.9. The van der Waals surface area contributed by atoms with Crippen LogP contribution in [0.5, 0.6) is 11.6 Å². The minimum absolute atomic E-state index is 0.121. The molecule has 2 N–H and O–H groups in total. The molecule has 0 unspecified atom stereocenters. The quantitative estimate of drug-likeness (QED) is 0.773. The second-order valence-corrected chi connectivity index (χ2v) is 4.49. The highest BCUT2D eigenvalue weighted by Gasteiger charge is 2.06. The molecule has 1 heterocycles. The van der Waals surface area contributed by atoms with Gasteiger partial charge in [-0.3, -0.25) is 9.78 Å². The topological polar surface area (TPSA) is 79.4 Å². The zero-order chi connectivity index (χ0) is 14.8. The maximum Gasteiger partial charge on any atom is 0.335 e. The van der Waals surface area contributed by atoms with E-state index in [1.807, 2.05) is 12.1 Å². The van der Waals surface area contributed by atoms with E-state index < -0.39 is 5.97 Å². The number of hydrogen-bond donors (Lipinski definition) is 2. The molecule has 0 saturated carbocycles. The van der Waals surface area contributed by atoms with Crippen molar-refractivity contribution in [2.24, 2.45) is 0 Å². The van der Waals surface area contributed by atoms with Gasteiger partial charge in [0.1, 0.15) is 5.75 Å². The summed E-state index contributed by atoms with van der Waals surface area (Å²) in [6, 6.07) is 14.9. The predicted octanol–water partition coefficient (Wildman–Crippen LogP) is 3.02. The molecule has 0 radical (unpaired) electrons. The number of nitrogens with one attached hydrogen (secondary N) is 1. The van der Waals surface area contributed by atoms with Crippen molar-refractivity contribution < 1.29 is 14.6 Å². The molecule has 104 valence electrons. The van der Waals surface area contributed by atoms with Crippen LogP contribution in [0.1, 0.15) is 10.4 Å². The summed E-state index contributed by atoms with van der Waals surface area (Å²) in [6.45, 7) is 0. The van der Waals surface area contributed by atoms with Crippen molar-refractivity contribution in [3.8, 4) is 11.6 Å². The van der Waals surface area contributed by atoms with E-state index in [0.717, 1.165) is 5.39 Å². The lowest BCUT2D eigenvalue weighted by Crippen LogP contribution is -2.07. The van der Waals surface area contributed by atoms with Gasteiger partial charge in [-0.2, -0.15) is 0 Å². The van der Waals surface area contributed by atoms with Crippen molar-refractivity contribution in [3.05, 3.63) is 70.5 Å². The second kappa shape index (κ2) is 5.13. The van der Waals surface area contributed by atoms with Crippen molar-refractivity contribution in [2.45, 2.75) is 0 Å². The number of ether oxygens (including phenoxy) is 1. The lowest BCUT2D eigenvalue weighted by molar-refractivity contribution is 0.0696. The van der Waals surface area contributed by atoms with Gasteiger partial charge in [-0.15, -0.1) is 0 Å². The molecule has 0 aliphatic carbocycles. The van der Waals surface area contributed by atoms with E-state index in [2.05, 4.69) is 4.98 Å². The molecule has 2 aromatic carbocycles. The van der Waals surface area contributed by atoms with Gasteiger partial charge in [0, 0.05) is 11.5 Å². The van der Waals surface area contributed by atoms with Crippen molar-refractivity contribution in [3.63, 3.8) is 0 Å². The number of fused-ring (bicyclic) bond motifs is 1. The highest BCUT2D eigenvalue weighted by molar-refractivity contribution is 5.88. The number of aromatic amines is 1. The average molecular weight is 281 g/mol. The van der Waals surface area contributed by atoms with Crippen LogP contribution in [0, 0.1) is 0 Å². The number of H-pyrrole nitrogens is 1. The fourth-order valence-electron chi connectivity index (χ4n) is 2.06. The fraction of sp³-hybridized carbons (Fsp3) is 0. The largest absolute Gasteiger partial charge is 0.478 e. The van der Waals surface area contributed by atoms with Crippen LogP contribution in [0.2, 0.25) is 0 Å². The Morgan fingerprint density at radius 2 is 1.86 bits per heavy atom. The minimum atomic E-state index is -1.03. The zero-order valence-electron chi connectivity index (χ0n) is 10.9. The van der Waals surface area contributed by atoms with E-state index in [-0.39, 0.29) is 17.0 Å². The summed E-state index contributed by atoms with van der Waals surface area (Å²) >= 11 is 0. The number of benzene rings is 2. The van der Waals surface area contributed by atoms with E-state index in [4.69, 9.17) is 9.84 Å². The molecule has 3 rings (SSSR count). The molecule has 1 aromatic heterocycles. The molecular weight excluding hydrogens is 270 g/mol. The molecule has 5 nitrogen and oxygen atoms in total. The molecule has 0 spiro atoms. The van der Waals surface area contributed by atoms with Gasteiger partial charge >= 0.3 is 5.97 Å². The molecule has 0 aliphatic heterocycles. The third-order valence-electron chi connectivity index (χ3n) is 3.04. The Bertz CT molecular complexity index is 883.